The number of hydrogen-bond acceptors (Lipinski definition) is 2. The van der Waals surface area contributed by atoms with Gasteiger partial charge in [-0.05, 0) is 18.8 Å². The van der Waals surface area contributed by atoms with Crippen molar-refractivity contribution in [2.75, 3.05) is 13.1 Å². The molecule has 0 aromatic carbocycles. The fraction of sp³-hybridized carbons (Fsp3) is 0.889. The Morgan fingerprint density at radius 3 is 2.27 bits per heavy atom. The molecule has 1 amide bonds. The van der Waals surface area contributed by atoms with Gasteiger partial charge in [-0.3, -0.25) is 4.79 Å². The summed E-state index contributed by atoms with van der Waals surface area (Å²) in [5.41, 5.74) is 0. The fourth-order valence-electron chi connectivity index (χ4n) is 1.54. The number of carbonyl (C=O) groups is 1. The topological polar surface area (TPSA) is 40.5 Å². The van der Waals surface area contributed by atoms with Gasteiger partial charge in [0, 0.05) is 13.1 Å². The maximum absolute atomic E-state index is 12.0. The molecule has 1 saturated heterocycles. The van der Waals surface area contributed by atoms with E-state index >= 15 is 0 Å². The van der Waals surface area contributed by atoms with E-state index < -0.39 is 18.2 Å². The van der Waals surface area contributed by atoms with Gasteiger partial charge in [0.05, 0.1) is 0 Å². The Morgan fingerprint density at radius 1 is 1.40 bits per heavy atom. The first-order valence-electron chi connectivity index (χ1n) is 4.86. The second-order valence-corrected chi connectivity index (χ2v) is 3.95. The van der Waals surface area contributed by atoms with Crippen molar-refractivity contribution in [1.29, 1.82) is 0 Å². The first kappa shape index (κ1) is 12.3. The zero-order valence-electron chi connectivity index (χ0n) is 8.42. The molecule has 0 aliphatic carbocycles. The second-order valence-electron chi connectivity index (χ2n) is 3.95. The van der Waals surface area contributed by atoms with Crippen LogP contribution in [0.5, 0.6) is 0 Å². The Hall–Kier alpha value is -0.780. The van der Waals surface area contributed by atoms with Gasteiger partial charge >= 0.3 is 6.18 Å². The summed E-state index contributed by atoms with van der Waals surface area (Å²) in [5.74, 6) is -0.800. The van der Waals surface area contributed by atoms with Crippen molar-refractivity contribution in [3.63, 3.8) is 0 Å². The number of nitrogens with zero attached hydrogens (tertiary/aromatic N) is 1. The number of halogens is 3. The van der Waals surface area contributed by atoms with Crippen LogP contribution in [0.15, 0.2) is 0 Å². The third kappa shape index (κ3) is 3.09. The van der Waals surface area contributed by atoms with Crippen LogP contribution in [0.1, 0.15) is 19.8 Å². The molecule has 0 spiro atoms. The van der Waals surface area contributed by atoms with Crippen LogP contribution >= 0.6 is 0 Å². The molecule has 0 saturated carbocycles. The maximum atomic E-state index is 12.0. The Kier molecular flexibility index (Phi) is 3.59. The molecule has 1 aliphatic heterocycles. The summed E-state index contributed by atoms with van der Waals surface area (Å²) in [4.78, 5) is 12.3. The summed E-state index contributed by atoms with van der Waals surface area (Å²) in [5, 5.41) is 8.76. The highest BCUT2D eigenvalue weighted by molar-refractivity contribution is 5.81. The first-order chi connectivity index (χ1) is 6.82. The summed E-state index contributed by atoms with van der Waals surface area (Å²) >= 11 is 0. The van der Waals surface area contributed by atoms with E-state index in [-0.39, 0.29) is 0 Å². The maximum Gasteiger partial charge on any atom is 0.423 e. The molecule has 1 atom stereocenters. The smallest absolute Gasteiger partial charge is 0.376 e. The van der Waals surface area contributed by atoms with Gasteiger partial charge in [0.25, 0.3) is 5.91 Å². The van der Waals surface area contributed by atoms with Crippen LogP contribution in [0.2, 0.25) is 0 Å². The largest absolute Gasteiger partial charge is 0.423 e. The van der Waals surface area contributed by atoms with Crippen molar-refractivity contribution in [3.8, 4) is 0 Å². The molecule has 3 nitrogen and oxygen atoms in total. The summed E-state index contributed by atoms with van der Waals surface area (Å²) in [7, 11) is 0. The summed E-state index contributed by atoms with van der Waals surface area (Å²) in [6.45, 7) is 2.59. The minimum atomic E-state index is -4.86. The summed E-state index contributed by atoms with van der Waals surface area (Å²) < 4.78 is 36.1. The van der Waals surface area contributed by atoms with Crippen LogP contribution in [-0.4, -0.2) is 41.3 Å². The highest BCUT2D eigenvalue weighted by Gasteiger charge is 2.45. The van der Waals surface area contributed by atoms with Crippen LogP contribution in [0.25, 0.3) is 0 Å². The highest BCUT2D eigenvalue weighted by Crippen LogP contribution is 2.24. The van der Waals surface area contributed by atoms with E-state index in [1.54, 1.807) is 0 Å². The molecule has 1 N–H and O–H groups in total. The zero-order valence-corrected chi connectivity index (χ0v) is 8.42. The molecule has 1 heterocycles. The Bertz CT molecular complexity index is 234. The van der Waals surface area contributed by atoms with Crippen LogP contribution in [0, 0.1) is 5.92 Å². The normalized spacial score (nSPS) is 21.5. The standard InChI is InChI=1S/C9H14F3NO2/c1-6-2-4-13(5-3-6)8(15)7(14)9(10,11)12/h6-7,14H,2-5H2,1H3. The van der Waals surface area contributed by atoms with Crippen molar-refractivity contribution in [3.05, 3.63) is 0 Å². The van der Waals surface area contributed by atoms with E-state index in [0.29, 0.717) is 31.8 Å². The average Bonchev–Trinajstić information content (AvgIpc) is 2.15. The van der Waals surface area contributed by atoms with Crippen LogP contribution < -0.4 is 0 Å². The van der Waals surface area contributed by atoms with E-state index in [1.165, 1.54) is 0 Å². The predicted octanol–water partition coefficient (Wildman–Crippen LogP) is 1.17. The van der Waals surface area contributed by atoms with Crippen molar-refractivity contribution >= 4 is 5.91 Å². The zero-order chi connectivity index (χ0) is 11.6. The van der Waals surface area contributed by atoms with Crippen LogP contribution in [-0.2, 0) is 4.79 Å². The highest BCUT2D eigenvalue weighted by atomic mass is 19.4. The summed E-state index contributed by atoms with van der Waals surface area (Å²) in [6.07, 6.45) is -6.35. The van der Waals surface area contributed by atoms with E-state index in [2.05, 4.69) is 0 Å². The number of rotatable bonds is 1. The minimum Gasteiger partial charge on any atom is -0.376 e. The lowest BCUT2D eigenvalue weighted by Crippen LogP contribution is -2.48. The third-order valence-corrected chi connectivity index (χ3v) is 2.64. The quantitative estimate of drug-likeness (QED) is 0.727. The van der Waals surface area contributed by atoms with Gasteiger partial charge in [-0.2, -0.15) is 13.2 Å². The molecule has 0 radical (unpaired) electrons. The molecular formula is C9H14F3NO2. The van der Waals surface area contributed by atoms with Crippen LogP contribution in [0.4, 0.5) is 13.2 Å². The molecule has 0 aromatic heterocycles. The molecule has 88 valence electrons. The van der Waals surface area contributed by atoms with Gasteiger partial charge in [0.2, 0.25) is 6.10 Å². The SMILES string of the molecule is CC1CCN(C(=O)C(O)C(F)(F)F)CC1. The Morgan fingerprint density at radius 2 is 1.87 bits per heavy atom. The Labute approximate surface area is 85.9 Å². The number of piperidine rings is 1. The number of alkyl halides is 3. The molecule has 0 bridgehead atoms. The number of amides is 1. The van der Waals surface area contributed by atoms with Gasteiger partial charge in [-0.25, -0.2) is 0 Å². The van der Waals surface area contributed by atoms with Crippen molar-refractivity contribution in [2.45, 2.75) is 32.0 Å². The number of likely N-dealkylation sites (tertiary alicyclic amines) is 1. The van der Waals surface area contributed by atoms with Gasteiger partial charge in [-0.1, -0.05) is 6.92 Å². The van der Waals surface area contributed by atoms with Gasteiger partial charge in [-0.15, -0.1) is 0 Å². The van der Waals surface area contributed by atoms with Gasteiger partial charge in [0.1, 0.15) is 0 Å². The van der Waals surface area contributed by atoms with Crippen LogP contribution in [0.3, 0.4) is 0 Å². The molecule has 1 unspecified atom stereocenters. The molecule has 15 heavy (non-hydrogen) atoms. The molecular weight excluding hydrogens is 211 g/mol. The van der Waals surface area contributed by atoms with E-state index in [1.807, 2.05) is 6.92 Å². The third-order valence-electron chi connectivity index (χ3n) is 2.64. The molecule has 1 rings (SSSR count). The van der Waals surface area contributed by atoms with Gasteiger partial charge < -0.3 is 10.0 Å². The lowest BCUT2D eigenvalue weighted by molar-refractivity contribution is -0.211. The van der Waals surface area contributed by atoms with E-state index in [9.17, 15) is 18.0 Å². The fourth-order valence-corrected chi connectivity index (χ4v) is 1.54. The monoisotopic (exact) mass is 225 g/mol. The molecule has 0 aromatic rings. The molecule has 1 fully saturated rings. The number of aliphatic hydroxyl groups is 1. The number of aliphatic hydroxyl groups excluding tert-OH is 1. The van der Waals surface area contributed by atoms with Crippen molar-refractivity contribution in [1.82, 2.24) is 4.90 Å². The van der Waals surface area contributed by atoms with E-state index in [4.69, 9.17) is 5.11 Å². The van der Waals surface area contributed by atoms with E-state index in [0.717, 1.165) is 4.90 Å². The van der Waals surface area contributed by atoms with Gasteiger partial charge in [0.15, 0.2) is 0 Å². The Balaban J connectivity index is 2.54. The average molecular weight is 225 g/mol. The van der Waals surface area contributed by atoms with Crippen molar-refractivity contribution < 1.29 is 23.1 Å². The second kappa shape index (κ2) is 4.38. The van der Waals surface area contributed by atoms with Crippen molar-refractivity contribution in [2.24, 2.45) is 5.92 Å². The lowest BCUT2D eigenvalue weighted by Gasteiger charge is -2.32. The molecule has 6 heteroatoms. The predicted molar refractivity (Wildman–Crippen MR) is 47.0 cm³/mol. The first-order valence-corrected chi connectivity index (χ1v) is 4.86. The lowest BCUT2D eigenvalue weighted by atomic mass is 9.99. The number of hydrogen-bond donors (Lipinski definition) is 1. The minimum absolute atomic E-state index is 0.299. The molecule has 1 aliphatic rings. The number of carbonyl (C=O) groups excluding carboxylic acids is 1. The summed E-state index contributed by atoms with van der Waals surface area (Å²) in [6, 6.07) is 0.